The molecule has 116 valence electrons. The van der Waals surface area contributed by atoms with Gasteiger partial charge in [-0.05, 0) is 55.3 Å². The molecule has 3 nitrogen and oxygen atoms in total. The molecule has 22 heavy (non-hydrogen) atoms. The molecule has 0 fully saturated rings. The van der Waals surface area contributed by atoms with E-state index in [9.17, 15) is 18.0 Å². The highest BCUT2D eigenvalue weighted by molar-refractivity contribution is 5.94. The van der Waals surface area contributed by atoms with Crippen molar-refractivity contribution in [2.75, 3.05) is 5.32 Å². The Balaban J connectivity index is 2.09. The maximum absolute atomic E-state index is 12.1. The van der Waals surface area contributed by atoms with Crippen molar-refractivity contribution < 1.29 is 22.7 Å². The third-order valence-electron chi connectivity index (χ3n) is 2.94. The van der Waals surface area contributed by atoms with Crippen LogP contribution in [0.3, 0.4) is 0 Å². The number of carbonyl (C=O) groups is 1. The van der Waals surface area contributed by atoms with Crippen LogP contribution in [0.4, 0.5) is 18.9 Å². The number of carbonyl (C=O) groups excluding carboxylic acids is 1. The average molecular weight is 309 g/mol. The fraction of sp³-hybridized carbons (Fsp3) is 0.188. The highest BCUT2D eigenvalue weighted by Crippen LogP contribution is 2.27. The zero-order chi connectivity index (χ0) is 16.3. The molecule has 0 saturated carbocycles. The van der Waals surface area contributed by atoms with E-state index >= 15 is 0 Å². The normalized spacial score (nSPS) is 11.1. The molecule has 0 aliphatic carbocycles. The van der Waals surface area contributed by atoms with Gasteiger partial charge in [-0.3, -0.25) is 4.79 Å². The first-order valence-electron chi connectivity index (χ1n) is 6.49. The van der Waals surface area contributed by atoms with Gasteiger partial charge in [0, 0.05) is 5.69 Å². The van der Waals surface area contributed by atoms with Crippen molar-refractivity contribution in [3.8, 4) is 11.5 Å². The molecule has 0 bridgehead atoms. The molecule has 0 saturated heterocycles. The van der Waals surface area contributed by atoms with Crippen molar-refractivity contribution in [1.29, 1.82) is 0 Å². The quantitative estimate of drug-likeness (QED) is 0.900. The van der Waals surface area contributed by atoms with Gasteiger partial charge in [0.05, 0.1) is 0 Å². The Morgan fingerprint density at radius 1 is 1.05 bits per heavy atom. The molecule has 6 heteroatoms. The van der Waals surface area contributed by atoms with E-state index in [2.05, 4.69) is 0 Å². The van der Waals surface area contributed by atoms with Crippen LogP contribution in [0.1, 0.15) is 11.1 Å². The molecular formula is C16H14F3NO2. The molecule has 2 aromatic carbocycles. The van der Waals surface area contributed by atoms with Crippen molar-refractivity contribution in [2.24, 2.45) is 0 Å². The van der Waals surface area contributed by atoms with Crippen LogP contribution in [-0.2, 0) is 4.79 Å². The van der Waals surface area contributed by atoms with Crippen molar-refractivity contribution in [3.05, 3.63) is 53.6 Å². The molecule has 0 aliphatic rings. The predicted molar refractivity (Wildman–Crippen MR) is 77.1 cm³/mol. The number of alkyl halides is 3. The second-order valence-corrected chi connectivity index (χ2v) is 4.85. The van der Waals surface area contributed by atoms with Gasteiger partial charge < -0.3 is 10.1 Å². The van der Waals surface area contributed by atoms with Crippen LogP contribution in [-0.4, -0.2) is 12.1 Å². The van der Waals surface area contributed by atoms with Crippen molar-refractivity contribution >= 4 is 11.6 Å². The molecule has 0 unspecified atom stereocenters. The summed E-state index contributed by atoms with van der Waals surface area (Å²) in [6.07, 6.45) is -4.91. The number of rotatable bonds is 3. The van der Waals surface area contributed by atoms with Crippen LogP contribution in [0, 0.1) is 13.8 Å². The van der Waals surface area contributed by atoms with Crippen LogP contribution < -0.4 is 10.1 Å². The Hall–Kier alpha value is -2.50. The number of amides is 1. The predicted octanol–water partition coefficient (Wildman–Crippen LogP) is 4.60. The summed E-state index contributed by atoms with van der Waals surface area (Å²) in [5.74, 6) is -0.860. The Labute approximate surface area is 125 Å². The summed E-state index contributed by atoms with van der Waals surface area (Å²) in [5, 5.41) is 1.77. The van der Waals surface area contributed by atoms with Gasteiger partial charge >= 0.3 is 12.1 Å². The minimum absolute atomic E-state index is 0.0515. The third-order valence-corrected chi connectivity index (χ3v) is 2.94. The molecule has 0 aliphatic heterocycles. The van der Waals surface area contributed by atoms with E-state index in [1.807, 2.05) is 32.0 Å². The maximum atomic E-state index is 12.1. The highest BCUT2D eigenvalue weighted by Gasteiger charge is 2.38. The Morgan fingerprint density at radius 3 is 2.27 bits per heavy atom. The number of nitrogens with one attached hydrogen (secondary N) is 1. The van der Waals surface area contributed by atoms with Crippen LogP contribution in [0.5, 0.6) is 11.5 Å². The highest BCUT2D eigenvalue weighted by atomic mass is 19.4. The number of hydrogen-bond donors (Lipinski definition) is 1. The van der Waals surface area contributed by atoms with Gasteiger partial charge in [-0.15, -0.1) is 0 Å². The molecule has 2 rings (SSSR count). The van der Waals surface area contributed by atoms with E-state index in [-0.39, 0.29) is 5.69 Å². The number of aryl methyl sites for hydroxylation is 2. The summed E-state index contributed by atoms with van der Waals surface area (Å²) in [6.45, 7) is 3.83. The van der Waals surface area contributed by atoms with Crippen LogP contribution in [0.15, 0.2) is 42.5 Å². The summed E-state index contributed by atoms with van der Waals surface area (Å²) in [6, 6.07) is 11.4. The van der Waals surface area contributed by atoms with E-state index in [1.165, 1.54) is 24.3 Å². The van der Waals surface area contributed by atoms with Gasteiger partial charge in [0.1, 0.15) is 11.5 Å². The Morgan fingerprint density at radius 2 is 1.68 bits per heavy atom. The van der Waals surface area contributed by atoms with Crippen molar-refractivity contribution in [3.63, 3.8) is 0 Å². The van der Waals surface area contributed by atoms with E-state index in [0.29, 0.717) is 11.5 Å². The van der Waals surface area contributed by atoms with Crippen LogP contribution in [0.25, 0.3) is 0 Å². The monoisotopic (exact) mass is 309 g/mol. The Kier molecular flexibility index (Phi) is 4.40. The second kappa shape index (κ2) is 6.09. The van der Waals surface area contributed by atoms with E-state index in [1.54, 1.807) is 5.32 Å². The van der Waals surface area contributed by atoms with Gasteiger partial charge in [-0.25, -0.2) is 0 Å². The molecule has 0 aromatic heterocycles. The third kappa shape index (κ3) is 4.00. The van der Waals surface area contributed by atoms with E-state index in [4.69, 9.17) is 4.74 Å². The average Bonchev–Trinajstić information content (AvgIpc) is 2.44. The van der Waals surface area contributed by atoms with Gasteiger partial charge in [-0.1, -0.05) is 12.1 Å². The Bertz CT molecular complexity index is 679. The molecular weight excluding hydrogens is 295 g/mol. The van der Waals surface area contributed by atoms with E-state index < -0.39 is 12.1 Å². The summed E-state index contributed by atoms with van der Waals surface area (Å²) in [7, 11) is 0. The molecule has 0 radical (unpaired) electrons. The molecule has 1 N–H and O–H groups in total. The van der Waals surface area contributed by atoms with Crippen molar-refractivity contribution in [2.45, 2.75) is 20.0 Å². The van der Waals surface area contributed by atoms with Gasteiger partial charge in [0.25, 0.3) is 0 Å². The fourth-order valence-corrected chi connectivity index (χ4v) is 1.75. The zero-order valence-corrected chi connectivity index (χ0v) is 12.0. The fourth-order valence-electron chi connectivity index (χ4n) is 1.75. The first-order chi connectivity index (χ1) is 10.3. The van der Waals surface area contributed by atoms with Crippen molar-refractivity contribution in [1.82, 2.24) is 0 Å². The topological polar surface area (TPSA) is 38.3 Å². The van der Waals surface area contributed by atoms with Gasteiger partial charge in [-0.2, -0.15) is 13.2 Å². The summed E-state index contributed by atoms with van der Waals surface area (Å²) < 4.78 is 42.1. The number of halogens is 3. The summed E-state index contributed by atoms with van der Waals surface area (Å²) in [4.78, 5) is 10.8. The minimum atomic E-state index is -4.91. The smallest absolute Gasteiger partial charge is 0.457 e. The van der Waals surface area contributed by atoms with Crippen LogP contribution >= 0.6 is 0 Å². The molecule has 1 amide bonds. The first-order valence-corrected chi connectivity index (χ1v) is 6.49. The number of hydrogen-bond acceptors (Lipinski definition) is 2. The molecule has 0 atom stereocenters. The largest absolute Gasteiger partial charge is 0.471 e. The molecule has 2 aromatic rings. The minimum Gasteiger partial charge on any atom is -0.457 e. The standard InChI is InChI=1S/C16H14F3NO2/c1-10-3-4-11(2)14(9-10)22-13-7-5-12(6-8-13)20-15(21)16(17,18)19/h3-9H,1-2H3,(H,20,21). The molecule has 0 spiro atoms. The zero-order valence-electron chi connectivity index (χ0n) is 12.0. The van der Waals surface area contributed by atoms with Gasteiger partial charge in [0.15, 0.2) is 0 Å². The maximum Gasteiger partial charge on any atom is 0.471 e. The SMILES string of the molecule is Cc1ccc(C)c(Oc2ccc(NC(=O)C(F)(F)F)cc2)c1. The summed E-state index contributed by atoms with van der Waals surface area (Å²) in [5.41, 5.74) is 2.03. The second-order valence-electron chi connectivity index (χ2n) is 4.85. The first kappa shape index (κ1) is 15.9. The van der Waals surface area contributed by atoms with Crippen LogP contribution in [0.2, 0.25) is 0 Å². The lowest BCUT2D eigenvalue weighted by Crippen LogP contribution is -2.29. The lowest BCUT2D eigenvalue weighted by atomic mass is 10.1. The van der Waals surface area contributed by atoms with E-state index in [0.717, 1.165) is 11.1 Å². The van der Waals surface area contributed by atoms with Gasteiger partial charge in [0.2, 0.25) is 0 Å². The number of benzene rings is 2. The summed E-state index contributed by atoms with van der Waals surface area (Å²) >= 11 is 0. The number of anilines is 1. The lowest BCUT2D eigenvalue weighted by Gasteiger charge is -2.11. The lowest BCUT2D eigenvalue weighted by molar-refractivity contribution is -0.167. The number of ether oxygens (including phenoxy) is 1. The molecule has 0 heterocycles.